The first-order valence-corrected chi connectivity index (χ1v) is 7.19. The smallest absolute Gasteiger partial charge is 0.257 e. The van der Waals surface area contributed by atoms with Gasteiger partial charge in [-0.25, -0.2) is 0 Å². The van der Waals surface area contributed by atoms with Crippen LogP contribution in [0.4, 0.5) is 0 Å². The molecule has 6 heteroatoms. The molecule has 1 amide bonds. The number of amides is 1. The highest BCUT2D eigenvalue weighted by Gasteiger charge is 2.11. The van der Waals surface area contributed by atoms with E-state index in [1.807, 2.05) is 20.8 Å². The lowest BCUT2D eigenvalue weighted by molar-refractivity contribution is 0.0976. The molecule has 0 saturated carbocycles. The number of carbonyl (C=O) groups is 1. The SMILES string of the molecule is CCNC(=S)NC(=O)c1ccc(OC(C)C)c(Br)c1. The Kier molecular flexibility index (Phi) is 6.24. The van der Waals surface area contributed by atoms with E-state index in [2.05, 4.69) is 26.6 Å². The summed E-state index contributed by atoms with van der Waals surface area (Å²) in [7, 11) is 0. The second-order valence-corrected chi connectivity index (χ2v) is 5.39. The molecular formula is C13H17BrN2O2S. The highest BCUT2D eigenvalue weighted by molar-refractivity contribution is 9.10. The van der Waals surface area contributed by atoms with Crippen molar-refractivity contribution < 1.29 is 9.53 Å². The molecule has 0 atom stereocenters. The van der Waals surface area contributed by atoms with Crippen LogP contribution in [0.5, 0.6) is 5.75 Å². The molecule has 0 spiro atoms. The summed E-state index contributed by atoms with van der Waals surface area (Å²) < 4.78 is 6.32. The highest BCUT2D eigenvalue weighted by atomic mass is 79.9. The summed E-state index contributed by atoms with van der Waals surface area (Å²) in [5.74, 6) is 0.462. The lowest BCUT2D eigenvalue weighted by Crippen LogP contribution is -2.39. The molecule has 104 valence electrons. The molecule has 2 N–H and O–H groups in total. The van der Waals surface area contributed by atoms with Crippen molar-refractivity contribution in [3.63, 3.8) is 0 Å². The van der Waals surface area contributed by atoms with Crippen LogP contribution in [-0.2, 0) is 0 Å². The van der Waals surface area contributed by atoms with Crippen molar-refractivity contribution in [2.24, 2.45) is 0 Å². The van der Waals surface area contributed by atoms with Crippen LogP contribution in [0.15, 0.2) is 22.7 Å². The predicted octanol–water partition coefficient (Wildman–Crippen LogP) is 2.86. The fraction of sp³-hybridized carbons (Fsp3) is 0.385. The summed E-state index contributed by atoms with van der Waals surface area (Å²) in [6.07, 6.45) is 0.0808. The minimum atomic E-state index is -0.247. The lowest BCUT2D eigenvalue weighted by atomic mass is 10.2. The van der Waals surface area contributed by atoms with E-state index in [0.29, 0.717) is 23.0 Å². The maximum atomic E-state index is 11.9. The van der Waals surface area contributed by atoms with Crippen LogP contribution in [0.2, 0.25) is 0 Å². The van der Waals surface area contributed by atoms with Gasteiger partial charge in [0, 0.05) is 12.1 Å². The molecule has 1 aromatic carbocycles. The van der Waals surface area contributed by atoms with Gasteiger partial charge in [0.25, 0.3) is 5.91 Å². The first-order valence-electron chi connectivity index (χ1n) is 5.99. The normalized spacial score (nSPS) is 10.2. The van der Waals surface area contributed by atoms with Gasteiger partial charge in [0.15, 0.2) is 5.11 Å². The molecule has 1 aromatic rings. The zero-order chi connectivity index (χ0) is 14.4. The molecular weight excluding hydrogens is 328 g/mol. The average molecular weight is 345 g/mol. The number of rotatable bonds is 4. The minimum absolute atomic E-state index is 0.0808. The number of hydrogen-bond donors (Lipinski definition) is 2. The van der Waals surface area contributed by atoms with Crippen LogP contribution in [0.1, 0.15) is 31.1 Å². The molecule has 0 aliphatic rings. The zero-order valence-electron chi connectivity index (χ0n) is 11.1. The van der Waals surface area contributed by atoms with Crippen LogP contribution in [0.3, 0.4) is 0 Å². The third-order valence-electron chi connectivity index (χ3n) is 2.12. The molecule has 0 bridgehead atoms. The molecule has 0 aromatic heterocycles. The third kappa shape index (κ3) is 5.16. The lowest BCUT2D eigenvalue weighted by Gasteiger charge is -2.12. The fourth-order valence-corrected chi connectivity index (χ4v) is 2.08. The minimum Gasteiger partial charge on any atom is -0.490 e. The average Bonchev–Trinajstić information content (AvgIpc) is 2.31. The molecule has 0 unspecified atom stereocenters. The zero-order valence-corrected chi connectivity index (χ0v) is 13.5. The van der Waals surface area contributed by atoms with Gasteiger partial charge in [0.1, 0.15) is 5.75 Å². The molecule has 0 aliphatic heterocycles. The van der Waals surface area contributed by atoms with Crippen LogP contribution >= 0.6 is 28.1 Å². The number of thiocarbonyl (C=S) groups is 1. The van der Waals surface area contributed by atoms with E-state index in [1.165, 1.54) is 0 Å². The number of benzene rings is 1. The Morgan fingerprint density at radius 3 is 2.68 bits per heavy atom. The van der Waals surface area contributed by atoms with E-state index in [-0.39, 0.29) is 12.0 Å². The summed E-state index contributed by atoms with van der Waals surface area (Å²) >= 11 is 8.35. The van der Waals surface area contributed by atoms with Crippen LogP contribution < -0.4 is 15.4 Å². The van der Waals surface area contributed by atoms with Crippen molar-refractivity contribution in [2.75, 3.05) is 6.54 Å². The van der Waals surface area contributed by atoms with E-state index in [1.54, 1.807) is 18.2 Å². The Morgan fingerprint density at radius 2 is 2.16 bits per heavy atom. The molecule has 0 fully saturated rings. The maximum absolute atomic E-state index is 11.9. The highest BCUT2D eigenvalue weighted by Crippen LogP contribution is 2.26. The van der Waals surface area contributed by atoms with Crippen molar-refractivity contribution >= 4 is 39.2 Å². The van der Waals surface area contributed by atoms with Crippen LogP contribution in [0.25, 0.3) is 0 Å². The van der Waals surface area contributed by atoms with Gasteiger partial charge in [-0.05, 0) is 67.1 Å². The Bertz CT molecular complexity index is 478. The first kappa shape index (κ1) is 15.9. The second kappa shape index (κ2) is 7.45. The van der Waals surface area contributed by atoms with Gasteiger partial charge in [0.2, 0.25) is 0 Å². The Hall–Kier alpha value is -1.14. The largest absolute Gasteiger partial charge is 0.490 e. The number of hydrogen-bond acceptors (Lipinski definition) is 3. The topological polar surface area (TPSA) is 50.4 Å². The van der Waals surface area contributed by atoms with Crippen LogP contribution in [-0.4, -0.2) is 23.7 Å². The number of ether oxygens (including phenoxy) is 1. The Morgan fingerprint density at radius 1 is 1.47 bits per heavy atom. The molecule has 1 rings (SSSR count). The summed E-state index contributed by atoms with van der Waals surface area (Å²) in [4.78, 5) is 11.9. The summed E-state index contributed by atoms with van der Waals surface area (Å²) in [5, 5.41) is 5.79. The number of halogens is 1. The molecule has 0 saturated heterocycles. The van der Waals surface area contributed by atoms with E-state index in [4.69, 9.17) is 17.0 Å². The molecule has 4 nitrogen and oxygen atoms in total. The molecule has 0 radical (unpaired) electrons. The Labute approximate surface area is 127 Å². The molecule has 0 heterocycles. The standard InChI is InChI=1S/C13H17BrN2O2S/c1-4-15-13(19)16-12(17)9-5-6-11(10(14)7-9)18-8(2)3/h5-8H,4H2,1-3H3,(H2,15,16,17,19). The monoisotopic (exact) mass is 344 g/mol. The Balaban J connectivity index is 2.77. The number of carbonyl (C=O) groups excluding carboxylic acids is 1. The van der Waals surface area contributed by atoms with Gasteiger partial charge >= 0.3 is 0 Å². The third-order valence-corrected chi connectivity index (χ3v) is 2.99. The van der Waals surface area contributed by atoms with Gasteiger partial charge in [-0.1, -0.05) is 0 Å². The van der Waals surface area contributed by atoms with Crippen LogP contribution in [0, 0.1) is 0 Å². The first-order chi connectivity index (χ1) is 8.93. The van der Waals surface area contributed by atoms with Gasteiger partial charge in [-0.3, -0.25) is 10.1 Å². The molecule has 0 aliphatic carbocycles. The second-order valence-electron chi connectivity index (χ2n) is 4.13. The summed E-state index contributed by atoms with van der Waals surface area (Å²) in [6.45, 7) is 6.47. The number of nitrogens with one attached hydrogen (secondary N) is 2. The van der Waals surface area contributed by atoms with Crippen molar-refractivity contribution in [1.82, 2.24) is 10.6 Å². The summed E-state index contributed by atoms with van der Waals surface area (Å²) in [6, 6.07) is 5.17. The predicted molar refractivity (Wildman–Crippen MR) is 83.6 cm³/mol. The fourth-order valence-electron chi connectivity index (χ4n) is 1.37. The van der Waals surface area contributed by atoms with Crippen molar-refractivity contribution in [1.29, 1.82) is 0 Å². The van der Waals surface area contributed by atoms with Gasteiger partial charge in [-0.15, -0.1) is 0 Å². The van der Waals surface area contributed by atoms with Crippen molar-refractivity contribution in [3.8, 4) is 5.75 Å². The van der Waals surface area contributed by atoms with E-state index < -0.39 is 0 Å². The van der Waals surface area contributed by atoms with Crippen molar-refractivity contribution in [3.05, 3.63) is 28.2 Å². The van der Waals surface area contributed by atoms with Gasteiger partial charge in [0.05, 0.1) is 10.6 Å². The van der Waals surface area contributed by atoms with E-state index in [9.17, 15) is 4.79 Å². The van der Waals surface area contributed by atoms with E-state index in [0.717, 1.165) is 4.47 Å². The van der Waals surface area contributed by atoms with Crippen molar-refractivity contribution in [2.45, 2.75) is 26.9 Å². The van der Waals surface area contributed by atoms with E-state index >= 15 is 0 Å². The van der Waals surface area contributed by atoms with Gasteiger partial charge in [-0.2, -0.15) is 0 Å². The summed E-state index contributed by atoms with van der Waals surface area (Å²) in [5.41, 5.74) is 0.517. The van der Waals surface area contributed by atoms with Gasteiger partial charge < -0.3 is 10.1 Å². The molecule has 19 heavy (non-hydrogen) atoms. The maximum Gasteiger partial charge on any atom is 0.257 e. The quantitative estimate of drug-likeness (QED) is 0.824.